The average Bonchev–Trinajstić information content (AvgIpc) is 3.80. The number of amides is 2. The second-order valence-electron chi connectivity index (χ2n) is 11.3. The van der Waals surface area contributed by atoms with E-state index in [9.17, 15) is 14.4 Å². The molecule has 0 radical (unpaired) electrons. The standard InChI is InChI=1S/C31H36Cl2FN5O4.ClH/c1-5-35-26(40)16-38-17(2)13-37(14-18(38)3)28-25(34)11-22-27(30(28)43-4)39(21-8-9-21)15-23(29(22)41)31(42)36-12-19-6-7-20(32)10-24(19)33;/h6-7,10-11,15,17-18,21H,5,8-9,12-14,16H2,1-4H3,(H,35,40)(H,36,42);1H. The number of nitrogens with zero attached hydrogens (tertiary/aromatic N) is 3. The Morgan fingerprint density at radius 1 is 1.09 bits per heavy atom. The van der Waals surface area contributed by atoms with Crippen LogP contribution < -0.4 is 25.7 Å². The lowest BCUT2D eigenvalue weighted by Crippen LogP contribution is -2.59. The molecule has 13 heteroatoms. The van der Waals surface area contributed by atoms with Crippen LogP contribution in [0.25, 0.3) is 10.9 Å². The van der Waals surface area contributed by atoms with E-state index < -0.39 is 17.2 Å². The number of benzene rings is 2. The van der Waals surface area contributed by atoms with Crippen molar-refractivity contribution in [1.29, 1.82) is 0 Å². The Bertz CT molecular complexity index is 1620. The number of hydrogen-bond donors (Lipinski definition) is 2. The van der Waals surface area contributed by atoms with E-state index in [1.165, 1.54) is 13.2 Å². The Labute approximate surface area is 272 Å². The van der Waals surface area contributed by atoms with Crippen LogP contribution in [0.3, 0.4) is 0 Å². The maximum atomic E-state index is 16.0. The van der Waals surface area contributed by atoms with Gasteiger partial charge in [-0.15, -0.1) is 12.4 Å². The molecule has 1 saturated carbocycles. The largest absolute Gasteiger partial charge is 0.492 e. The molecule has 2 unspecified atom stereocenters. The Morgan fingerprint density at radius 3 is 2.36 bits per heavy atom. The number of carbonyl (C=O) groups is 2. The van der Waals surface area contributed by atoms with Gasteiger partial charge in [-0.05, 0) is 57.4 Å². The number of fused-ring (bicyclic) bond motifs is 1. The lowest BCUT2D eigenvalue weighted by Gasteiger charge is -2.45. The van der Waals surface area contributed by atoms with Gasteiger partial charge in [0.05, 0.1) is 24.6 Å². The van der Waals surface area contributed by atoms with Crippen molar-refractivity contribution in [2.24, 2.45) is 0 Å². The van der Waals surface area contributed by atoms with Crippen molar-refractivity contribution in [1.82, 2.24) is 20.1 Å². The van der Waals surface area contributed by atoms with Crippen LogP contribution >= 0.6 is 35.6 Å². The first-order chi connectivity index (χ1) is 20.5. The molecule has 3 aromatic rings. The second-order valence-corrected chi connectivity index (χ2v) is 12.1. The summed E-state index contributed by atoms with van der Waals surface area (Å²) in [6, 6.07) is 6.14. The lowest BCUT2D eigenvalue weighted by atomic mass is 10.0. The summed E-state index contributed by atoms with van der Waals surface area (Å²) in [5.41, 5.74) is 0.724. The van der Waals surface area contributed by atoms with Gasteiger partial charge in [-0.3, -0.25) is 19.3 Å². The first-order valence-corrected chi connectivity index (χ1v) is 15.2. The van der Waals surface area contributed by atoms with Crippen LogP contribution in [-0.2, 0) is 11.3 Å². The SMILES string of the molecule is CCNC(=O)CN1C(C)CN(c2c(F)cc3c(=O)c(C(=O)NCc4ccc(Cl)cc4Cl)cn(C4CC4)c3c2OC)CC1C.Cl. The predicted octanol–water partition coefficient (Wildman–Crippen LogP) is 5.18. The molecule has 5 rings (SSSR count). The number of carbonyl (C=O) groups excluding carboxylic acids is 2. The predicted molar refractivity (Wildman–Crippen MR) is 174 cm³/mol. The summed E-state index contributed by atoms with van der Waals surface area (Å²) in [6.45, 7) is 7.74. The summed E-state index contributed by atoms with van der Waals surface area (Å²) in [4.78, 5) is 43.3. The molecule has 238 valence electrons. The molecule has 2 aliphatic rings. The van der Waals surface area contributed by atoms with Crippen molar-refractivity contribution in [2.45, 2.75) is 58.3 Å². The topological polar surface area (TPSA) is 95.9 Å². The van der Waals surface area contributed by atoms with Crippen molar-refractivity contribution >= 4 is 64.0 Å². The van der Waals surface area contributed by atoms with Crippen molar-refractivity contribution < 1.29 is 18.7 Å². The van der Waals surface area contributed by atoms with E-state index in [1.54, 1.807) is 24.4 Å². The number of likely N-dealkylation sites (N-methyl/N-ethyl adjacent to an activating group) is 1. The Hall–Kier alpha value is -3.05. The van der Waals surface area contributed by atoms with Crippen LogP contribution in [0.2, 0.25) is 10.0 Å². The van der Waals surface area contributed by atoms with Crippen LogP contribution in [-0.4, -0.2) is 66.7 Å². The summed E-state index contributed by atoms with van der Waals surface area (Å²) >= 11 is 12.2. The van der Waals surface area contributed by atoms with E-state index in [0.29, 0.717) is 40.8 Å². The quantitative estimate of drug-likeness (QED) is 0.327. The van der Waals surface area contributed by atoms with Gasteiger partial charge in [-0.1, -0.05) is 29.3 Å². The third-order valence-corrected chi connectivity index (χ3v) is 8.75. The molecular formula is C31H37Cl3FN5O4. The molecule has 2 aromatic carbocycles. The Morgan fingerprint density at radius 2 is 1.77 bits per heavy atom. The molecule has 1 aliphatic carbocycles. The van der Waals surface area contributed by atoms with Crippen molar-refractivity contribution in [3.8, 4) is 5.75 Å². The summed E-state index contributed by atoms with van der Waals surface area (Å²) in [5, 5.41) is 6.56. The third kappa shape index (κ3) is 6.78. The van der Waals surface area contributed by atoms with Crippen molar-refractivity contribution in [3.63, 3.8) is 0 Å². The van der Waals surface area contributed by atoms with E-state index in [4.69, 9.17) is 27.9 Å². The highest BCUT2D eigenvalue weighted by Gasteiger charge is 2.36. The second kappa shape index (κ2) is 13.9. The van der Waals surface area contributed by atoms with Gasteiger partial charge in [0.15, 0.2) is 11.6 Å². The third-order valence-electron chi connectivity index (χ3n) is 8.16. The number of methoxy groups -OCH3 is 1. The molecule has 0 spiro atoms. The van der Waals surface area contributed by atoms with Gasteiger partial charge in [0.25, 0.3) is 5.91 Å². The highest BCUT2D eigenvalue weighted by atomic mass is 35.5. The molecule has 1 aliphatic heterocycles. The summed E-state index contributed by atoms with van der Waals surface area (Å²) in [6.07, 6.45) is 3.28. The molecule has 1 aromatic heterocycles. The van der Waals surface area contributed by atoms with Crippen LogP contribution in [0, 0.1) is 5.82 Å². The van der Waals surface area contributed by atoms with Crippen molar-refractivity contribution in [2.75, 3.05) is 38.2 Å². The fourth-order valence-electron chi connectivity index (χ4n) is 5.94. The molecule has 2 N–H and O–H groups in total. The minimum absolute atomic E-state index is 0. The van der Waals surface area contributed by atoms with E-state index in [2.05, 4.69) is 15.5 Å². The zero-order chi connectivity index (χ0) is 31.0. The van der Waals surface area contributed by atoms with Crippen LogP contribution in [0.5, 0.6) is 5.75 Å². The van der Waals surface area contributed by atoms with Gasteiger partial charge in [-0.2, -0.15) is 0 Å². The van der Waals surface area contributed by atoms with Gasteiger partial charge in [0.2, 0.25) is 11.3 Å². The maximum Gasteiger partial charge on any atom is 0.257 e. The zero-order valence-electron chi connectivity index (χ0n) is 25.1. The highest BCUT2D eigenvalue weighted by Crippen LogP contribution is 2.44. The first kappa shape index (κ1) is 33.8. The molecule has 9 nitrogen and oxygen atoms in total. The van der Waals surface area contributed by atoms with Crippen molar-refractivity contribution in [3.05, 3.63) is 67.7 Å². The monoisotopic (exact) mass is 667 g/mol. The molecule has 0 bridgehead atoms. The fraction of sp³-hybridized carbons (Fsp3) is 0.452. The minimum atomic E-state index is -0.606. The number of ether oxygens (including phenoxy) is 1. The summed E-state index contributed by atoms with van der Waals surface area (Å²) < 4.78 is 23.8. The number of halogens is 4. The normalized spacial score (nSPS) is 18.6. The smallest absolute Gasteiger partial charge is 0.257 e. The van der Waals surface area contributed by atoms with Gasteiger partial charge in [0.1, 0.15) is 11.3 Å². The Balaban J connectivity index is 0.00000442. The summed E-state index contributed by atoms with van der Waals surface area (Å²) in [5.74, 6) is -0.975. The number of rotatable bonds is 9. The van der Waals surface area contributed by atoms with Crippen LogP contribution in [0.4, 0.5) is 10.1 Å². The number of aromatic nitrogens is 1. The minimum Gasteiger partial charge on any atom is -0.492 e. The molecule has 2 atom stereocenters. The molecule has 2 fully saturated rings. The van der Waals surface area contributed by atoms with Gasteiger partial charge >= 0.3 is 0 Å². The molecule has 1 saturated heterocycles. The first-order valence-electron chi connectivity index (χ1n) is 14.5. The number of pyridine rings is 1. The van der Waals surface area contributed by atoms with Gasteiger partial charge in [0, 0.05) is 60.5 Å². The average molecular weight is 669 g/mol. The molecule has 2 amide bonds. The maximum absolute atomic E-state index is 16.0. The molecule has 44 heavy (non-hydrogen) atoms. The summed E-state index contributed by atoms with van der Waals surface area (Å²) in [7, 11) is 1.47. The molecule has 2 heterocycles. The Kier molecular flexibility index (Phi) is 10.7. The number of hydrogen-bond acceptors (Lipinski definition) is 6. The number of anilines is 1. The van der Waals surface area contributed by atoms with Crippen LogP contribution in [0.1, 0.15) is 55.6 Å². The fourth-order valence-corrected chi connectivity index (χ4v) is 6.41. The number of nitrogens with one attached hydrogen (secondary N) is 2. The van der Waals surface area contributed by atoms with Gasteiger partial charge in [-0.25, -0.2) is 4.39 Å². The van der Waals surface area contributed by atoms with E-state index in [0.717, 1.165) is 12.8 Å². The molecular weight excluding hydrogens is 632 g/mol. The lowest BCUT2D eigenvalue weighted by molar-refractivity contribution is -0.123. The van der Waals surface area contributed by atoms with E-state index >= 15 is 4.39 Å². The van der Waals surface area contributed by atoms with Crippen LogP contribution in [0.15, 0.2) is 35.3 Å². The van der Waals surface area contributed by atoms with Gasteiger partial charge < -0.3 is 24.8 Å². The van der Waals surface area contributed by atoms with E-state index in [-0.39, 0.29) is 71.9 Å². The van der Waals surface area contributed by atoms with E-state index in [1.807, 2.05) is 30.2 Å². The number of piperazine rings is 1. The zero-order valence-corrected chi connectivity index (χ0v) is 27.4. The highest BCUT2D eigenvalue weighted by molar-refractivity contribution is 6.35.